The third kappa shape index (κ3) is 12.2. The number of ether oxygens (including phenoxy) is 3. The van der Waals surface area contributed by atoms with Gasteiger partial charge in [0.1, 0.15) is 12.2 Å². The molecule has 3 unspecified atom stereocenters. The van der Waals surface area contributed by atoms with Crippen molar-refractivity contribution in [2.24, 2.45) is 0 Å². The van der Waals surface area contributed by atoms with Crippen LogP contribution in [-0.2, 0) is 28.6 Å². The Labute approximate surface area is 149 Å². The lowest BCUT2D eigenvalue weighted by molar-refractivity contribution is -0.155. The molecule has 7 heteroatoms. The zero-order valence-electron chi connectivity index (χ0n) is 15.6. The molecular formula is C18H30O7. The van der Waals surface area contributed by atoms with E-state index in [-0.39, 0.29) is 13.0 Å². The largest absolute Gasteiger partial charge is 0.463 e. The minimum atomic E-state index is -0.574. The van der Waals surface area contributed by atoms with Gasteiger partial charge >= 0.3 is 17.9 Å². The molecule has 1 N–H and O–H groups in total. The molecule has 0 bridgehead atoms. The number of carbonyl (C=O) groups excluding carboxylic acids is 3. The Kier molecular flexibility index (Phi) is 11.5. The number of esters is 3. The monoisotopic (exact) mass is 358 g/mol. The first kappa shape index (κ1) is 23.1. The zero-order valence-corrected chi connectivity index (χ0v) is 15.6. The summed E-state index contributed by atoms with van der Waals surface area (Å²) in [7, 11) is 0. The van der Waals surface area contributed by atoms with E-state index in [4.69, 9.17) is 14.2 Å². The number of hydrogen-bond acceptors (Lipinski definition) is 7. The van der Waals surface area contributed by atoms with E-state index in [9.17, 15) is 19.5 Å². The summed E-state index contributed by atoms with van der Waals surface area (Å²) < 4.78 is 15.3. The maximum absolute atomic E-state index is 11.8. The molecule has 7 nitrogen and oxygen atoms in total. The number of rotatable bonds is 12. The van der Waals surface area contributed by atoms with E-state index >= 15 is 0 Å². The predicted molar refractivity (Wildman–Crippen MR) is 91.6 cm³/mol. The fourth-order valence-electron chi connectivity index (χ4n) is 2.10. The van der Waals surface area contributed by atoms with Crippen LogP contribution in [-0.4, -0.2) is 47.9 Å². The van der Waals surface area contributed by atoms with Crippen molar-refractivity contribution in [3.8, 4) is 0 Å². The summed E-state index contributed by atoms with van der Waals surface area (Å²) in [5.74, 6) is -1.34. The zero-order chi connectivity index (χ0) is 19.4. The van der Waals surface area contributed by atoms with Gasteiger partial charge in [0, 0.05) is 31.8 Å². The normalized spacial score (nSPS) is 14.1. The van der Waals surface area contributed by atoms with E-state index in [1.165, 1.54) is 6.92 Å². The van der Waals surface area contributed by atoms with Crippen LogP contribution in [0.5, 0.6) is 0 Å². The van der Waals surface area contributed by atoms with E-state index in [0.717, 1.165) is 0 Å². The van der Waals surface area contributed by atoms with E-state index in [2.05, 4.69) is 6.58 Å². The molecule has 0 saturated heterocycles. The van der Waals surface area contributed by atoms with Crippen LogP contribution in [0.2, 0.25) is 0 Å². The van der Waals surface area contributed by atoms with Gasteiger partial charge in [-0.1, -0.05) is 13.5 Å². The smallest absolute Gasteiger partial charge is 0.333 e. The summed E-state index contributed by atoms with van der Waals surface area (Å²) in [5, 5.41) is 9.72. The summed E-state index contributed by atoms with van der Waals surface area (Å²) in [6, 6.07) is 0. The van der Waals surface area contributed by atoms with Crippen molar-refractivity contribution in [2.45, 2.75) is 78.1 Å². The van der Waals surface area contributed by atoms with Gasteiger partial charge in [0.25, 0.3) is 0 Å². The average molecular weight is 358 g/mol. The second-order valence-electron chi connectivity index (χ2n) is 6.09. The molecule has 0 aliphatic rings. The minimum absolute atomic E-state index is 0.115. The minimum Gasteiger partial charge on any atom is -0.463 e. The highest BCUT2D eigenvalue weighted by atomic mass is 16.6. The van der Waals surface area contributed by atoms with Gasteiger partial charge in [-0.3, -0.25) is 9.59 Å². The number of aliphatic hydroxyl groups excluding tert-OH is 1. The van der Waals surface area contributed by atoms with Crippen LogP contribution in [0.25, 0.3) is 0 Å². The van der Waals surface area contributed by atoms with Gasteiger partial charge in [0.2, 0.25) is 0 Å². The molecule has 0 aromatic rings. The van der Waals surface area contributed by atoms with Gasteiger partial charge in [-0.05, 0) is 26.7 Å². The lowest BCUT2D eigenvalue weighted by Gasteiger charge is -2.23. The topological polar surface area (TPSA) is 99.1 Å². The molecule has 0 fully saturated rings. The second kappa shape index (κ2) is 12.5. The first-order valence-corrected chi connectivity index (χ1v) is 8.53. The maximum Gasteiger partial charge on any atom is 0.333 e. The standard InChI is InChI=1S/C18H30O7/c1-6-15(20)11-16(25-14(5)19)10-13(4)24-17(21)8-7-9-23-18(22)12(2)3/h13,15-16,20H,2,6-11H2,1,3-5H3. The van der Waals surface area contributed by atoms with Crippen molar-refractivity contribution in [1.82, 2.24) is 0 Å². The average Bonchev–Trinajstić information content (AvgIpc) is 2.49. The van der Waals surface area contributed by atoms with Gasteiger partial charge in [-0.25, -0.2) is 4.79 Å². The van der Waals surface area contributed by atoms with Crippen LogP contribution >= 0.6 is 0 Å². The molecule has 144 valence electrons. The van der Waals surface area contributed by atoms with Crippen molar-refractivity contribution >= 4 is 17.9 Å². The highest BCUT2D eigenvalue weighted by Crippen LogP contribution is 2.15. The summed E-state index contributed by atoms with van der Waals surface area (Å²) in [4.78, 5) is 34.1. The highest BCUT2D eigenvalue weighted by Gasteiger charge is 2.21. The van der Waals surface area contributed by atoms with Crippen molar-refractivity contribution in [3.63, 3.8) is 0 Å². The number of aliphatic hydroxyl groups is 1. The third-order valence-corrected chi connectivity index (χ3v) is 3.37. The summed E-state index contributed by atoms with van der Waals surface area (Å²) >= 11 is 0. The van der Waals surface area contributed by atoms with Crippen molar-refractivity contribution in [3.05, 3.63) is 12.2 Å². The van der Waals surface area contributed by atoms with Crippen molar-refractivity contribution < 1.29 is 33.7 Å². The van der Waals surface area contributed by atoms with Crippen LogP contribution in [0.3, 0.4) is 0 Å². The van der Waals surface area contributed by atoms with Gasteiger partial charge in [-0.15, -0.1) is 0 Å². The van der Waals surface area contributed by atoms with Crippen molar-refractivity contribution in [1.29, 1.82) is 0 Å². The van der Waals surface area contributed by atoms with Gasteiger partial charge in [0.15, 0.2) is 0 Å². The summed E-state index contributed by atoms with van der Waals surface area (Å²) in [6.07, 6.45) is 0.0909. The Hall–Kier alpha value is -1.89. The molecule has 25 heavy (non-hydrogen) atoms. The quantitative estimate of drug-likeness (QED) is 0.247. The first-order chi connectivity index (χ1) is 11.6. The van der Waals surface area contributed by atoms with Crippen LogP contribution in [0.4, 0.5) is 0 Å². The van der Waals surface area contributed by atoms with E-state index in [0.29, 0.717) is 31.3 Å². The number of carbonyl (C=O) groups is 3. The van der Waals surface area contributed by atoms with Gasteiger partial charge in [0.05, 0.1) is 12.7 Å². The molecule has 0 spiro atoms. The fourth-order valence-corrected chi connectivity index (χ4v) is 2.10. The Morgan fingerprint density at radius 3 is 2.28 bits per heavy atom. The van der Waals surface area contributed by atoms with E-state index in [1.54, 1.807) is 13.8 Å². The molecule has 0 amide bonds. The first-order valence-electron chi connectivity index (χ1n) is 8.53. The number of hydrogen-bond donors (Lipinski definition) is 1. The van der Waals surface area contributed by atoms with Gasteiger partial charge in [-0.2, -0.15) is 0 Å². The Morgan fingerprint density at radius 1 is 1.12 bits per heavy atom. The molecule has 3 atom stereocenters. The summed E-state index contributed by atoms with van der Waals surface area (Å²) in [5.41, 5.74) is 0.307. The lowest BCUT2D eigenvalue weighted by atomic mass is 10.0. The molecule has 0 rings (SSSR count). The van der Waals surface area contributed by atoms with E-state index < -0.39 is 36.2 Å². The second-order valence-corrected chi connectivity index (χ2v) is 6.09. The molecule has 0 aromatic carbocycles. The molecule has 0 aliphatic carbocycles. The molecule has 0 heterocycles. The highest BCUT2D eigenvalue weighted by molar-refractivity contribution is 5.86. The van der Waals surface area contributed by atoms with Crippen LogP contribution < -0.4 is 0 Å². The Morgan fingerprint density at radius 2 is 1.76 bits per heavy atom. The molecule has 0 aromatic heterocycles. The fraction of sp³-hybridized carbons (Fsp3) is 0.722. The predicted octanol–water partition coefficient (Wildman–Crippen LogP) is 2.30. The summed E-state index contributed by atoms with van der Waals surface area (Å²) in [6.45, 7) is 9.97. The van der Waals surface area contributed by atoms with Crippen molar-refractivity contribution in [2.75, 3.05) is 6.61 Å². The van der Waals surface area contributed by atoms with Gasteiger partial charge < -0.3 is 19.3 Å². The molecule has 0 radical (unpaired) electrons. The Bertz CT molecular complexity index is 458. The molecule has 0 saturated carbocycles. The van der Waals surface area contributed by atoms with Crippen LogP contribution in [0.15, 0.2) is 12.2 Å². The Balaban J connectivity index is 4.19. The molecule has 0 aliphatic heterocycles. The third-order valence-electron chi connectivity index (χ3n) is 3.37. The van der Waals surface area contributed by atoms with E-state index in [1.807, 2.05) is 6.92 Å². The molecular weight excluding hydrogens is 328 g/mol. The van der Waals surface area contributed by atoms with Crippen LogP contribution in [0.1, 0.15) is 59.8 Å². The maximum atomic E-state index is 11.8. The van der Waals surface area contributed by atoms with Crippen LogP contribution in [0, 0.1) is 0 Å². The lowest BCUT2D eigenvalue weighted by Crippen LogP contribution is -2.28. The SMILES string of the molecule is C=C(C)C(=O)OCCCC(=O)OC(C)CC(CC(O)CC)OC(C)=O.